The van der Waals surface area contributed by atoms with Crippen molar-refractivity contribution in [3.05, 3.63) is 42.0 Å². The van der Waals surface area contributed by atoms with Gasteiger partial charge in [0.1, 0.15) is 0 Å². The molecule has 0 spiro atoms. The number of anilines is 1. The highest BCUT2D eigenvalue weighted by Gasteiger charge is 2.36. The molecule has 1 heterocycles. The van der Waals surface area contributed by atoms with Crippen LogP contribution in [0.25, 0.3) is 0 Å². The predicted molar refractivity (Wildman–Crippen MR) is 122 cm³/mol. The van der Waals surface area contributed by atoms with Gasteiger partial charge >= 0.3 is 0 Å². The Morgan fingerprint density at radius 1 is 0.871 bits per heavy atom. The van der Waals surface area contributed by atoms with Gasteiger partial charge < -0.3 is 4.90 Å². The lowest BCUT2D eigenvalue weighted by atomic mass is 9.69. The van der Waals surface area contributed by atoms with Crippen LogP contribution >= 0.6 is 0 Å². The van der Waals surface area contributed by atoms with Crippen LogP contribution in [0, 0.1) is 11.8 Å². The molecule has 3 amide bonds. The van der Waals surface area contributed by atoms with Crippen LogP contribution in [0.3, 0.4) is 0 Å². The summed E-state index contributed by atoms with van der Waals surface area (Å²) in [4.78, 5) is 39.0. The van der Waals surface area contributed by atoms with E-state index >= 15 is 0 Å². The number of benzene rings is 1. The second-order valence-corrected chi connectivity index (χ2v) is 9.46. The summed E-state index contributed by atoms with van der Waals surface area (Å²) in [5.74, 6) is 1.98. The zero-order chi connectivity index (χ0) is 22.0. The van der Waals surface area contributed by atoms with Gasteiger partial charge in [-0.05, 0) is 86.8 Å². The third-order valence-electron chi connectivity index (χ3n) is 7.82. The first-order chi connectivity index (χ1) is 15.0. The molecule has 2 fully saturated rings. The van der Waals surface area contributed by atoms with Gasteiger partial charge in [-0.25, -0.2) is 0 Å². The van der Waals surface area contributed by atoms with Crippen molar-refractivity contribution in [2.75, 3.05) is 11.9 Å². The van der Waals surface area contributed by atoms with E-state index in [1.807, 2.05) is 14.0 Å². The molecule has 5 heteroatoms. The van der Waals surface area contributed by atoms with Crippen molar-refractivity contribution >= 4 is 23.4 Å². The molecule has 0 bridgehead atoms. The van der Waals surface area contributed by atoms with Gasteiger partial charge in [0.25, 0.3) is 11.8 Å². The van der Waals surface area contributed by atoms with Gasteiger partial charge in [0.05, 0.1) is 0 Å². The van der Waals surface area contributed by atoms with Gasteiger partial charge in [-0.3, -0.25) is 19.3 Å². The van der Waals surface area contributed by atoms with E-state index in [4.69, 9.17) is 0 Å². The SMILES string of the molecule is CCC(=O)N(C)c1ccc(C2CCC(C3CCC(N4C(=O)C=CC4=O)CC3)CC2)cc1. The van der Waals surface area contributed by atoms with Crippen LogP contribution in [0.15, 0.2) is 36.4 Å². The molecule has 5 nitrogen and oxygen atoms in total. The van der Waals surface area contributed by atoms with Crippen molar-refractivity contribution in [1.82, 2.24) is 4.90 Å². The Labute approximate surface area is 185 Å². The predicted octanol–water partition coefficient (Wildman–Crippen LogP) is 4.82. The summed E-state index contributed by atoms with van der Waals surface area (Å²) in [6.07, 6.45) is 12.5. The van der Waals surface area contributed by atoms with Crippen LogP contribution in [0.2, 0.25) is 0 Å². The number of carbonyl (C=O) groups is 3. The number of rotatable bonds is 5. The number of nitrogens with zero attached hydrogens (tertiary/aromatic N) is 2. The molecule has 0 unspecified atom stereocenters. The van der Waals surface area contributed by atoms with Crippen LogP contribution in [-0.4, -0.2) is 35.7 Å². The number of carbonyl (C=O) groups excluding carboxylic acids is 3. The Hall–Kier alpha value is -2.43. The van der Waals surface area contributed by atoms with E-state index in [-0.39, 0.29) is 23.8 Å². The highest BCUT2D eigenvalue weighted by atomic mass is 16.2. The summed E-state index contributed by atoms with van der Waals surface area (Å²) in [7, 11) is 1.84. The first-order valence-electron chi connectivity index (χ1n) is 11.9. The Bertz CT molecular complexity index is 826. The molecule has 166 valence electrons. The highest BCUT2D eigenvalue weighted by molar-refractivity contribution is 6.13. The van der Waals surface area contributed by atoms with E-state index in [0.29, 0.717) is 12.3 Å². The third kappa shape index (κ3) is 4.60. The topological polar surface area (TPSA) is 57.7 Å². The average molecular weight is 423 g/mol. The molecule has 2 aliphatic carbocycles. The second-order valence-electron chi connectivity index (χ2n) is 9.46. The largest absolute Gasteiger partial charge is 0.316 e. The first-order valence-corrected chi connectivity index (χ1v) is 11.9. The molecule has 0 atom stereocenters. The standard InChI is InChI=1S/C26H34N2O3/c1-3-24(29)27(2)22-12-8-20(9-13-22)18-4-6-19(7-5-18)21-10-14-23(15-11-21)28-25(30)16-17-26(28)31/h8-9,12-13,16-19,21,23H,3-7,10-11,14-15H2,1-2H3. The second kappa shape index (κ2) is 9.37. The maximum absolute atomic E-state index is 11.9. The van der Waals surface area contributed by atoms with Crippen molar-refractivity contribution in [1.29, 1.82) is 0 Å². The van der Waals surface area contributed by atoms with Crippen molar-refractivity contribution in [3.63, 3.8) is 0 Å². The fraction of sp³-hybridized carbons (Fsp3) is 0.577. The quantitative estimate of drug-likeness (QED) is 0.640. The number of hydrogen-bond donors (Lipinski definition) is 0. The minimum Gasteiger partial charge on any atom is -0.316 e. The molecule has 3 aliphatic rings. The normalized spacial score (nSPS) is 28.8. The minimum absolute atomic E-state index is 0.0961. The first kappa shape index (κ1) is 21.8. The lowest BCUT2D eigenvalue weighted by Gasteiger charge is -2.39. The van der Waals surface area contributed by atoms with Crippen molar-refractivity contribution in [2.45, 2.75) is 76.7 Å². The Morgan fingerprint density at radius 3 is 1.90 bits per heavy atom. The van der Waals surface area contributed by atoms with E-state index in [1.54, 1.807) is 4.90 Å². The summed E-state index contributed by atoms with van der Waals surface area (Å²) < 4.78 is 0. The van der Waals surface area contributed by atoms with Crippen LogP contribution in [0.1, 0.15) is 76.2 Å². The minimum atomic E-state index is -0.134. The van der Waals surface area contributed by atoms with Crippen molar-refractivity contribution in [3.8, 4) is 0 Å². The smallest absolute Gasteiger partial charge is 0.253 e. The summed E-state index contributed by atoms with van der Waals surface area (Å²) in [5, 5.41) is 0. The fourth-order valence-corrected chi connectivity index (χ4v) is 5.88. The van der Waals surface area contributed by atoms with Gasteiger partial charge in [-0.2, -0.15) is 0 Å². The molecule has 0 radical (unpaired) electrons. The van der Waals surface area contributed by atoms with E-state index in [9.17, 15) is 14.4 Å². The van der Waals surface area contributed by atoms with Gasteiger partial charge in [0, 0.05) is 37.3 Å². The van der Waals surface area contributed by atoms with Crippen molar-refractivity contribution in [2.24, 2.45) is 11.8 Å². The zero-order valence-corrected chi connectivity index (χ0v) is 18.8. The van der Waals surface area contributed by atoms with E-state index < -0.39 is 0 Å². The molecule has 1 aromatic rings. The maximum atomic E-state index is 11.9. The van der Waals surface area contributed by atoms with Gasteiger partial charge in [0.15, 0.2) is 0 Å². The van der Waals surface area contributed by atoms with Crippen molar-refractivity contribution < 1.29 is 14.4 Å². The lowest BCUT2D eigenvalue weighted by molar-refractivity contribution is -0.140. The molecule has 2 saturated carbocycles. The Kier molecular flexibility index (Phi) is 6.59. The van der Waals surface area contributed by atoms with Crippen LogP contribution < -0.4 is 4.90 Å². The summed E-state index contributed by atoms with van der Waals surface area (Å²) in [6, 6.07) is 8.64. The van der Waals surface area contributed by atoms with Crippen LogP contribution in [0.5, 0.6) is 0 Å². The lowest BCUT2D eigenvalue weighted by Crippen LogP contribution is -2.42. The van der Waals surface area contributed by atoms with Crippen LogP contribution in [-0.2, 0) is 14.4 Å². The monoisotopic (exact) mass is 422 g/mol. The molecule has 31 heavy (non-hydrogen) atoms. The van der Waals surface area contributed by atoms with E-state index in [1.165, 1.54) is 48.3 Å². The third-order valence-corrected chi connectivity index (χ3v) is 7.82. The van der Waals surface area contributed by atoms with Gasteiger partial charge in [-0.15, -0.1) is 0 Å². The summed E-state index contributed by atoms with van der Waals surface area (Å²) in [5.41, 5.74) is 2.35. The number of imide groups is 1. The molecule has 0 aromatic heterocycles. The fourth-order valence-electron chi connectivity index (χ4n) is 5.88. The molecule has 1 aromatic carbocycles. The molecule has 0 N–H and O–H groups in total. The average Bonchev–Trinajstić information content (AvgIpc) is 3.16. The highest BCUT2D eigenvalue weighted by Crippen LogP contribution is 2.43. The van der Waals surface area contributed by atoms with E-state index in [2.05, 4.69) is 24.3 Å². The number of amides is 3. The Balaban J connectivity index is 1.26. The Morgan fingerprint density at radius 2 is 1.39 bits per heavy atom. The van der Waals surface area contributed by atoms with Gasteiger partial charge in [-0.1, -0.05) is 19.1 Å². The van der Waals surface area contributed by atoms with E-state index in [0.717, 1.165) is 43.2 Å². The molecule has 4 rings (SSSR count). The molecular weight excluding hydrogens is 388 g/mol. The molecular formula is C26H34N2O3. The molecule has 1 aliphatic heterocycles. The van der Waals surface area contributed by atoms with Crippen LogP contribution in [0.4, 0.5) is 5.69 Å². The maximum Gasteiger partial charge on any atom is 0.253 e. The summed E-state index contributed by atoms with van der Waals surface area (Å²) >= 11 is 0. The zero-order valence-electron chi connectivity index (χ0n) is 18.8. The number of hydrogen-bond acceptors (Lipinski definition) is 3. The summed E-state index contributed by atoms with van der Waals surface area (Å²) in [6.45, 7) is 1.89. The van der Waals surface area contributed by atoms with Gasteiger partial charge in [0.2, 0.25) is 5.91 Å². The molecule has 0 saturated heterocycles.